The van der Waals surface area contributed by atoms with Crippen molar-refractivity contribution in [1.82, 2.24) is 4.98 Å². The molecule has 0 radical (unpaired) electrons. The number of aromatic nitrogens is 1. The third-order valence-corrected chi connectivity index (χ3v) is 10.4. The standard InChI is InChI=1S/C23H25F3N4O4S/c1-12-9-14(34-20(25)26)11-28-17(12)18(31)29-13-5-6-16(24)15(10-13)22(4)23(7-8-23)35(32,33)21(2,3)19(27)30-22/h5-6,9-11,20H,7-8H2,1-4H3,(H2,27,30)(H,29,31)/t22-/m1/s1. The smallest absolute Gasteiger partial charge is 0.387 e. The van der Waals surface area contributed by atoms with Crippen molar-refractivity contribution in [3.63, 3.8) is 0 Å². The summed E-state index contributed by atoms with van der Waals surface area (Å²) in [6.07, 6.45) is 1.60. The summed E-state index contributed by atoms with van der Waals surface area (Å²) in [7, 11) is -3.83. The lowest BCUT2D eigenvalue weighted by atomic mass is 9.85. The molecule has 188 valence electrons. The highest BCUT2D eigenvalue weighted by Crippen LogP contribution is 2.63. The van der Waals surface area contributed by atoms with Gasteiger partial charge in [-0.05, 0) is 70.4 Å². The molecule has 4 rings (SSSR count). The molecule has 2 aliphatic rings. The van der Waals surface area contributed by atoms with E-state index < -0.39 is 43.2 Å². The van der Waals surface area contributed by atoms with E-state index in [-0.39, 0.29) is 34.1 Å². The highest BCUT2D eigenvalue weighted by molar-refractivity contribution is 7.95. The number of carbonyl (C=O) groups excluding carboxylic acids is 1. The number of anilines is 1. The summed E-state index contributed by atoms with van der Waals surface area (Å²) < 4.78 is 68.5. The molecule has 1 aromatic carbocycles. The Morgan fingerprint density at radius 2 is 1.86 bits per heavy atom. The average molecular weight is 511 g/mol. The second-order valence-corrected chi connectivity index (χ2v) is 12.3. The van der Waals surface area contributed by atoms with Crippen molar-refractivity contribution in [1.29, 1.82) is 0 Å². The molecule has 2 heterocycles. The van der Waals surface area contributed by atoms with Crippen LogP contribution in [0, 0.1) is 12.7 Å². The highest BCUT2D eigenvalue weighted by atomic mass is 32.2. The van der Waals surface area contributed by atoms with Crippen LogP contribution >= 0.6 is 0 Å². The molecule has 1 spiro atoms. The number of aryl methyl sites for hydroxylation is 1. The van der Waals surface area contributed by atoms with Gasteiger partial charge in [0.2, 0.25) is 0 Å². The molecule has 12 heteroatoms. The zero-order valence-electron chi connectivity index (χ0n) is 19.5. The van der Waals surface area contributed by atoms with Crippen molar-refractivity contribution in [3.05, 3.63) is 53.1 Å². The number of hydrogen-bond acceptors (Lipinski definition) is 7. The van der Waals surface area contributed by atoms with Crippen molar-refractivity contribution < 1.29 is 31.1 Å². The second kappa shape index (κ2) is 7.94. The first kappa shape index (κ1) is 25.0. The molecule has 1 atom stereocenters. The van der Waals surface area contributed by atoms with E-state index in [1.54, 1.807) is 0 Å². The Bertz CT molecular complexity index is 1360. The van der Waals surface area contributed by atoms with Crippen molar-refractivity contribution >= 4 is 27.3 Å². The van der Waals surface area contributed by atoms with Crippen LogP contribution in [0.2, 0.25) is 0 Å². The molecule has 2 aromatic rings. The number of amides is 1. The summed E-state index contributed by atoms with van der Waals surface area (Å²) in [5.41, 5.74) is 4.96. The van der Waals surface area contributed by atoms with Gasteiger partial charge in [-0.1, -0.05) is 0 Å². The van der Waals surface area contributed by atoms with Gasteiger partial charge >= 0.3 is 6.61 Å². The maximum atomic E-state index is 15.1. The van der Waals surface area contributed by atoms with E-state index in [4.69, 9.17) is 5.73 Å². The first-order valence-corrected chi connectivity index (χ1v) is 12.3. The monoisotopic (exact) mass is 510 g/mol. The van der Waals surface area contributed by atoms with Crippen molar-refractivity contribution in [2.75, 3.05) is 5.32 Å². The van der Waals surface area contributed by atoms with E-state index in [2.05, 4.69) is 20.0 Å². The zero-order valence-corrected chi connectivity index (χ0v) is 20.3. The van der Waals surface area contributed by atoms with Crippen molar-refractivity contribution in [2.24, 2.45) is 10.7 Å². The zero-order chi connectivity index (χ0) is 26.0. The Hall–Kier alpha value is -3.15. The van der Waals surface area contributed by atoms with Gasteiger partial charge in [0, 0.05) is 11.3 Å². The molecule has 1 aromatic heterocycles. The number of nitrogens with one attached hydrogen (secondary N) is 1. The van der Waals surface area contributed by atoms with E-state index in [9.17, 15) is 22.0 Å². The lowest BCUT2D eigenvalue weighted by Gasteiger charge is -2.45. The van der Waals surface area contributed by atoms with Gasteiger partial charge in [-0.3, -0.25) is 9.79 Å². The van der Waals surface area contributed by atoms with Gasteiger partial charge in [0.25, 0.3) is 5.91 Å². The number of benzene rings is 1. The molecule has 8 nitrogen and oxygen atoms in total. The topological polar surface area (TPSA) is 124 Å². The average Bonchev–Trinajstić information content (AvgIpc) is 3.56. The predicted octanol–water partition coefficient (Wildman–Crippen LogP) is 3.69. The summed E-state index contributed by atoms with van der Waals surface area (Å²) >= 11 is 0. The highest BCUT2D eigenvalue weighted by Gasteiger charge is 2.73. The largest absolute Gasteiger partial charge is 0.433 e. The van der Waals surface area contributed by atoms with Crippen molar-refractivity contribution in [2.45, 2.75) is 62.2 Å². The summed E-state index contributed by atoms with van der Waals surface area (Å²) in [6.45, 7) is 2.98. The molecule has 1 aliphatic heterocycles. The Kier molecular flexibility index (Phi) is 5.66. The number of halogens is 3. The van der Waals surface area contributed by atoms with Gasteiger partial charge in [-0.2, -0.15) is 8.78 Å². The quantitative estimate of drug-likeness (QED) is 0.632. The fourth-order valence-corrected chi connectivity index (χ4v) is 7.28. The van der Waals surface area contributed by atoms with E-state index in [1.807, 2.05) is 0 Å². The number of alkyl halides is 2. The van der Waals surface area contributed by atoms with E-state index in [0.717, 1.165) is 12.3 Å². The van der Waals surface area contributed by atoms with Crippen LogP contribution < -0.4 is 15.8 Å². The maximum Gasteiger partial charge on any atom is 0.387 e. The Morgan fingerprint density at radius 3 is 2.43 bits per heavy atom. The van der Waals surface area contributed by atoms with Gasteiger partial charge in [0.15, 0.2) is 9.84 Å². The lowest BCUT2D eigenvalue weighted by molar-refractivity contribution is -0.0501. The maximum absolute atomic E-state index is 15.1. The second-order valence-electron chi connectivity index (χ2n) is 9.44. The molecule has 0 bridgehead atoms. The fraction of sp³-hybridized carbons (Fsp3) is 0.435. The number of aliphatic imine (C=N–C) groups is 1. The first-order chi connectivity index (χ1) is 16.2. The minimum absolute atomic E-state index is 0.0137. The number of nitrogens with two attached hydrogens (primary N) is 1. The number of nitrogens with zero attached hydrogens (tertiary/aromatic N) is 2. The molecule has 1 saturated carbocycles. The minimum Gasteiger partial charge on any atom is -0.433 e. The Balaban J connectivity index is 1.71. The van der Waals surface area contributed by atoms with Crippen LogP contribution in [-0.4, -0.2) is 41.3 Å². The fourth-order valence-electron chi connectivity index (χ4n) is 4.66. The van der Waals surface area contributed by atoms with Gasteiger partial charge in [-0.25, -0.2) is 17.8 Å². The normalized spacial score (nSPS) is 23.6. The number of pyridine rings is 1. The van der Waals surface area contributed by atoms with Crippen LogP contribution in [0.1, 0.15) is 55.2 Å². The van der Waals surface area contributed by atoms with Crippen LogP contribution in [0.3, 0.4) is 0 Å². The van der Waals surface area contributed by atoms with Crippen LogP contribution in [0.25, 0.3) is 0 Å². The molecule has 3 N–H and O–H groups in total. The number of sulfone groups is 1. The van der Waals surface area contributed by atoms with Crippen LogP contribution in [0.15, 0.2) is 35.5 Å². The third kappa shape index (κ3) is 3.65. The summed E-state index contributed by atoms with van der Waals surface area (Å²) in [6, 6.07) is 5.01. The molecule has 1 fully saturated rings. The third-order valence-electron chi connectivity index (χ3n) is 6.98. The summed E-state index contributed by atoms with van der Waals surface area (Å²) in [5, 5.41) is 2.59. The number of carbonyl (C=O) groups is 1. The number of ether oxygens (including phenoxy) is 1. The molecule has 1 amide bonds. The van der Waals surface area contributed by atoms with Crippen molar-refractivity contribution in [3.8, 4) is 5.75 Å². The number of hydrogen-bond donors (Lipinski definition) is 2. The van der Waals surface area contributed by atoms with E-state index in [0.29, 0.717) is 12.8 Å². The summed E-state index contributed by atoms with van der Waals surface area (Å²) in [5.74, 6) is -1.67. The Labute approximate surface area is 200 Å². The SMILES string of the molecule is Cc1cc(OC(F)F)cnc1C(=O)Nc1ccc(F)c([C@@]2(C)N=C(N)C(C)(C)S(=O)(=O)C23CC3)c1. The van der Waals surface area contributed by atoms with Crippen LogP contribution in [-0.2, 0) is 15.4 Å². The first-order valence-electron chi connectivity index (χ1n) is 10.8. The van der Waals surface area contributed by atoms with E-state index >= 15 is 4.39 Å². The molecular formula is C23H25F3N4O4S. The molecule has 1 aliphatic carbocycles. The van der Waals surface area contributed by atoms with E-state index in [1.165, 1.54) is 45.9 Å². The molecule has 0 saturated heterocycles. The minimum atomic E-state index is -3.83. The number of amidine groups is 1. The lowest BCUT2D eigenvalue weighted by Crippen LogP contribution is -2.61. The van der Waals surface area contributed by atoms with Gasteiger partial charge < -0.3 is 15.8 Å². The van der Waals surface area contributed by atoms with Gasteiger partial charge in [-0.15, -0.1) is 0 Å². The van der Waals surface area contributed by atoms with Crippen LogP contribution in [0.4, 0.5) is 18.9 Å². The Morgan fingerprint density at radius 1 is 1.20 bits per heavy atom. The van der Waals surface area contributed by atoms with Gasteiger partial charge in [0.1, 0.15) is 38.1 Å². The molecule has 35 heavy (non-hydrogen) atoms. The summed E-state index contributed by atoms with van der Waals surface area (Å²) in [4.78, 5) is 21.2. The van der Waals surface area contributed by atoms with Gasteiger partial charge in [0.05, 0.1) is 6.20 Å². The molecule has 0 unspecified atom stereocenters. The van der Waals surface area contributed by atoms with Crippen LogP contribution in [0.5, 0.6) is 5.75 Å². The number of rotatable bonds is 5. The predicted molar refractivity (Wildman–Crippen MR) is 124 cm³/mol. The molecular weight excluding hydrogens is 485 g/mol.